The van der Waals surface area contributed by atoms with Gasteiger partial charge in [-0.25, -0.2) is 0 Å². The molecule has 3 N–H and O–H groups in total. The molecular formula is C15H13Cl3N2O2. The molecule has 0 aliphatic heterocycles. The van der Waals surface area contributed by atoms with Crippen molar-refractivity contribution in [3.63, 3.8) is 0 Å². The van der Waals surface area contributed by atoms with Crippen molar-refractivity contribution in [2.24, 2.45) is 0 Å². The Kier molecular flexibility index (Phi) is 5.40. The normalized spacial score (nSPS) is 10.4. The highest BCUT2D eigenvalue weighted by atomic mass is 35.5. The molecule has 7 heteroatoms. The van der Waals surface area contributed by atoms with Gasteiger partial charge in [0.2, 0.25) is 0 Å². The topological polar surface area (TPSA) is 64.3 Å². The molecule has 0 saturated carbocycles. The Balaban J connectivity index is 2.00. The third-order valence-electron chi connectivity index (χ3n) is 2.86. The number of anilines is 2. The van der Waals surface area contributed by atoms with Gasteiger partial charge in [0, 0.05) is 10.0 Å². The van der Waals surface area contributed by atoms with Crippen LogP contribution in [0.1, 0.15) is 5.56 Å². The minimum Gasteiger partial charge on any atom is -0.482 e. The third-order valence-corrected chi connectivity index (χ3v) is 3.80. The lowest BCUT2D eigenvalue weighted by atomic mass is 10.2. The van der Waals surface area contributed by atoms with Crippen molar-refractivity contribution in [1.82, 2.24) is 0 Å². The zero-order chi connectivity index (χ0) is 16.3. The zero-order valence-corrected chi connectivity index (χ0v) is 13.9. The molecule has 0 bridgehead atoms. The molecule has 4 nitrogen and oxygen atoms in total. The van der Waals surface area contributed by atoms with E-state index in [1.54, 1.807) is 24.3 Å². The number of hydrogen-bond acceptors (Lipinski definition) is 3. The first-order valence-electron chi connectivity index (χ1n) is 6.30. The number of ether oxygens (including phenoxy) is 1. The second-order valence-electron chi connectivity index (χ2n) is 4.60. The first-order chi connectivity index (χ1) is 10.4. The van der Waals surface area contributed by atoms with Crippen molar-refractivity contribution in [1.29, 1.82) is 0 Å². The molecule has 116 valence electrons. The number of rotatable bonds is 4. The molecule has 0 spiro atoms. The molecule has 0 heterocycles. The van der Waals surface area contributed by atoms with Gasteiger partial charge in [0.1, 0.15) is 5.75 Å². The smallest absolute Gasteiger partial charge is 0.262 e. The summed E-state index contributed by atoms with van der Waals surface area (Å²) in [6, 6.07) is 8.04. The molecular weight excluding hydrogens is 347 g/mol. The van der Waals surface area contributed by atoms with Gasteiger partial charge in [-0.1, -0.05) is 34.8 Å². The largest absolute Gasteiger partial charge is 0.482 e. The standard InChI is InChI=1S/C15H13Cl3N2O2/c1-8-4-12(19)13(6-10(8)17)20-15(21)7-22-14-3-2-9(16)5-11(14)18/h2-6H,7,19H2,1H3,(H,20,21). The molecule has 0 unspecified atom stereocenters. The fraction of sp³-hybridized carbons (Fsp3) is 0.133. The first kappa shape index (κ1) is 16.7. The molecule has 0 aliphatic carbocycles. The van der Waals surface area contributed by atoms with Crippen LogP contribution >= 0.6 is 34.8 Å². The number of nitrogen functional groups attached to an aromatic ring is 1. The lowest BCUT2D eigenvalue weighted by molar-refractivity contribution is -0.118. The first-order valence-corrected chi connectivity index (χ1v) is 7.43. The number of hydrogen-bond donors (Lipinski definition) is 2. The monoisotopic (exact) mass is 358 g/mol. The summed E-state index contributed by atoms with van der Waals surface area (Å²) in [7, 11) is 0. The minimum absolute atomic E-state index is 0.216. The average Bonchev–Trinajstić information content (AvgIpc) is 2.44. The van der Waals surface area contributed by atoms with Crippen molar-refractivity contribution >= 4 is 52.1 Å². The molecule has 2 rings (SSSR count). The van der Waals surface area contributed by atoms with E-state index in [-0.39, 0.29) is 12.5 Å². The van der Waals surface area contributed by atoms with Crippen LogP contribution in [-0.2, 0) is 4.79 Å². The fourth-order valence-electron chi connectivity index (χ4n) is 1.73. The summed E-state index contributed by atoms with van der Waals surface area (Å²) >= 11 is 17.8. The fourth-order valence-corrected chi connectivity index (χ4v) is 2.36. The van der Waals surface area contributed by atoms with Crippen molar-refractivity contribution in [2.45, 2.75) is 6.92 Å². The number of carbonyl (C=O) groups excluding carboxylic acids is 1. The van der Waals surface area contributed by atoms with E-state index in [0.717, 1.165) is 5.56 Å². The molecule has 0 atom stereocenters. The number of nitrogens with two attached hydrogens (primary N) is 1. The Bertz CT molecular complexity index is 720. The van der Waals surface area contributed by atoms with Crippen LogP contribution in [0.3, 0.4) is 0 Å². The number of carbonyl (C=O) groups is 1. The molecule has 2 aromatic rings. The summed E-state index contributed by atoms with van der Waals surface area (Å²) in [5, 5.41) is 3.98. The molecule has 2 aromatic carbocycles. The van der Waals surface area contributed by atoms with Crippen LogP contribution in [0.5, 0.6) is 5.75 Å². The van der Waals surface area contributed by atoms with Crippen LogP contribution < -0.4 is 15.8 Å². The van der Waals surface area contributed by atoms with Crippen LogP contribution in [0, 0.1) is 6.92 Å². The maximum Gasteiger partial charge on any atom is 0.262 e. The van der Waals surface area contributed by atoms with Gasteiger partial charge in [0.05, 0.1) is 16.4 Å². The highest BCUT2D eigenvalue weighted by Crippen LogP contribution is 2.28. The minimum atomic E-state index is -0.377. The van der Waals surface area contributed by atoms with E-state index >= 15 is 0 Å². The van der Waals surface area contributed by atoms with Crippen LogP contribution in [-0.4, -0.2) is 12.5 Å². The molecule has 0 aliphatic rings. The Labute approximate surface area is 143 Å². The quantitative estimate of drug-likeness (QED) is 0.787. The Morgan fingerprint density at radius 3 is 2.59 bits per heavy atom. The Hall–Kier alpha value is -1.62. The summed E-state index contributed by atoms with van der Waals surface area (Å²) in [4.78, 5) is 11.9. The van der Waals surface area contributed by atoms with Crippen LogP contribution in [0.4, 0.5) is 11.4 Å². The van der Waals surface area contributed by atoms with Crippen molar-refractivity contribution < 1.29 is 9.53 Å². The summed E-state index contributed by atoms with van der Waals surface area (Å²) in [6.07, 6.45) is 0. The van der Waals surface area contributed by atoms with Crippen LogP contribution in [0.15, 0.2) is 30.3 Å². The van der Waals surface area contributed by atoms with Gasteiger partial charge in [-0.05, 0) is 42.8 Å². The van der Waals surface area contributed by atoms with E-state index in [9.17, 15) is 4.79 Å². The summed E-state index contributed by atoms with van der Waals surface area (Å²) in [6.45, 7) is 1.61. The maximum absolute atomic E-state index is 11.9. The summed E-state index contributed by atoms with van der Waals surface area (Å²) < 4.78 is 5.34. The molecule has 0 fully saturated rings. The van der Waals surface area contributed by atoms with E-state index < -0.39 is 0 Å². The lowest BCUT2D eigenvalue weighted by Gasteiger charge is -2.11. The molecule has 0 saturated heterocycles. The van der Waals surface area contributed by atoms with Gasteiger partial charge >= 0.3 is 0 Å². The highest BCUT2D eigenvalue weighted by Gasteiger charge is 2.10. The van der Waals surface area contributed by atoms with Gasteiger partial charge in [0.15, 0.2) is 6.61 Å². The van der Waals surface area contributed by atoms with Crippen LogP contribution in [0.2, 0.25) is 15.1 Å². The van der Waals surface area contributed by atoms with Gasteiger partial charge in [-0.15, -0.1) is 0 Å². The van der Waals surface area contributed by atoms with E-state index in [0.29, 0.717) is 32.2 Å². The number of nitrogens with one attached hydrogen (secondary N) is 1. The maximum atomic E-state index is 11.9. The molecule has 0 radical (unpaired) electrons. The third kappa shape index (κ3) is 4.19. The van der Waals surface area contributed by atoms with Crippen molar-refractivity contribution in [2.75, 3.05) is 17.7 Å². The van der Waals surface area contributed by atoms with E-state index in [1.807, 2.05) is 6.92 Å². The second-order valence-corrected chi connectivity index (χ2v) is 5.85. The highest BCUT2D eigenvalue weighted by molar-refractivity contribution is 6.35. The second kappa shape index (κ2) is 7.09. The number of benzene rings is 2. The zero-order valence-electron chi connectivity index (χ0n) is 11.6. The van der Waals surface area contributed by atoms with Gasteiger partial charge in [0.25, 0.3) is 5.91 Å². The molecule has 22 heavy (non-hydrogen) atoms. The van der Waals surface area contributed by atoms with Gasteiger partial charge < -0.3 is 15.8 Å². The molecule has 0 aromatic heterocycles. The summed E-state index contributed by atoms with van der Waals surface area (Å²) in [5.74, 6) is -0.00577. The number of aryl methyl sites for hydroxylation is 1. The van der Waals surface area contributed by atoms with E-state index in [1.165, 1.54) is 6.07 Å². The predicted octanol–water partition coefficient (Wildman–Crippen LogP) is 4.55. The SMILES string of the molecule is Cc1cc(N)c(NC(=O)COc2ccc(Cl)cc2Cl)cc1Cl. The van der Waals surface area contributed by atoms with E-state index in [2.05, 4.69) is 5.32 Å². The van der Waals surface area contributed by atoms with E-state index in [4.69, 9.17) is 45.3 Å². The van der Waals surface area contributed by atoms with Gasteiger partial charge in [-0.2, -0.15) is 0 Å². The number of halogens is 3. The van der Waals surface area contributed by atoms with Crippen LogP contribution in [0.25, 0.3) is 0 Å². The lowest BCUT2D eigenvalue weighted by Crippen LogP contribution is -2.21. The average molecular weight is 360 g/mol. The summed E-state index contributed by atoms with van der Waals surface area (Å²) in [5.41, 5.74) is 7.54. The molecule has 1 amide bonds. The Morgan fingerprint density at radius 1 is 1.18 bits per heavy atom. The van der Waals surface area contributed by atoms with Crippen molar-refractivity contribution in [3.8, 4) is 5.75 Å². The predicted molar refractivity (Wildman–Crippen MR) is 91.2 cm³/mol. The van der Waals surface area contributed by atoms with Gasteiger partial charge in [-0.3, -0.25) is 4.79 Å². The van der Waals surface area contributed by atoms with Crippen molar-refractivity contribution in [3.05, 3.63) is 51.0 Å². The Morgan fingerprint density at radius 2 is 1.91 bits per heavy atom. The number of amides is 1.